The third-order valence-electron chi connectivity index (χ3n) is 4.56. The summed E-state index contributed by atoms with van der Waals surface area (Å²) in [6.07, 6.45) is 0.232. The number of rotatable bonds is 3. The standard InChI is InChI=1S/C17H19NO5/c1-2-22-16(21)17-13(12-6-4-3-5-7-12)11-23-15(20)10-18(17)9-8-14(17)19/h3-7,13H,2,8-11H2,1H3/t13-,17+/m0/s1. The molecule has 0 spiro atoms. The normalized spacial score (nSPS) is 28.0. The number of cyclic esters (lactones) is 1. The number of benzene rings is 1. The van der Waals surface area contributed by atoms with Crippen LogP contribution in [-0.2, 0) is 23.9 Å². The average molecular weight is 317 g/mol. The van der Waals surface area contributed by atoms with E-state index in [1.165, 1.54) is 0 Å². The largest absolute Gasteiger partial charge is 0.464 e. The minimum absolute atomic E-state index is 0.0100. The predicted octanol–water partition coefficient (Wildman–Crippen LogP) is 0.904. The Morgan fingerprint density at radius 3 is 2.78 bits per heavy atom. The second-order valence-corrected chi connectivity index (χ2v) is 5.73. The number of hydrogen-bond donors (Lipinski definition) is 0. The summed E-state index contributed by atoms with van der Waals surface area (Å²) in [7, 11) is 0. The smallest absolute Gasteiger partial charge is 0.335 e. The van der Waals surface area contributed by atoms with Crippen molar-refractivity contribution < 1.29 is 23.9 Å². The molecule has 2 heterocycles. The number of ketones is 1. The topological polar surface area (TPSA) is 72.9 Å². The zero-order valence-corrected chi connectivity index (χ0v) is 13.0. The number of Topliss-reactive ketones (excluding diaryl/α,β-unsaturated/α-hetero) is 1. The number of esters is 2. The lowest BCUT2D eigenvalue weighted by Gasteiger charge is -2.37. The van der Waals surface area contributed by atoms with E-state index in [-0.39, 0.29) is 32.0 Å². The van der Waals surface area contributed by atoms with Gasteiger partial charge in [-0.25, -0.2) is 4.79 Å². The second kappa shape index (κ2) is 6.12. The third kappa shape index (κ3) is 2.43. The zero-order valence-electron chi connectivity index (χ0n) is 13.0. The number of carbonyl (C=O) groups excluding carboxylic acids is 3. The molecular formula is C17H19NO5. The van der Waals surface area contributed by atoms with Crippen LogP contribution in [0.15, 0.2) is 30.3 Å². The molecule has 2 atom stereocenters. The van der Waals surface area contributed by atoms with E-state index in [0.29, 0.717) is 6.54 Å². The van der Waals surface area contributed by atoms with Crippen LogP contribution in [0.2, 0.25) is 0 Å². The van der Waals surface area contributed by atoms with Gasteiger partial charge in [0.2, 0.25) is 0 Å². The van der Waals surface area contributed by atoms with Crippen molar-refractivity contribution in [3.8, 4) is 0 Å². The molecule has 122 valence electrons. The minimum Gasteiger partial charge on any atom is -0.464 e. The summed E-state index contributed by atoms with van der Waals surface area (Å²) in [5, 5.41) is 0. The predicted molar refractivity (Wildman–Crippen MR) is 80.7 cm³/mol. The summed E-state index contributed by atoms with van der Waals surface area (Å²) in [4.78, 5) is 39.1. The van der Waals surface area contributed by atoms with Crippen LogP contribution in [-0.4, -0.2) is 54.5 Å². The molecule has 0 saturated carbocycles. The van der Waals surface area contributed by atoms with E-state index in [0.717, 1.165) is 5.56 Å². The van der Waals surface area contributed by atoms with Crippen LogP contribution in [0.25, 0.3) is 0 Å². The molecule has 2 saturated heterocycles. The third-order valence-corrected chi connectivity index (χ3v) is 4.56. The summed E-state index contributed by atoms with van der Waals surface area (Å²) < 4.78 is 10.5. The van der Waals surface area contributed by atoms with E-state index >= 15 is 0 Å². The number of ether oxygens (including phenoxy) is 2. The average Bonchev–Trinajstić information content (AvgIpc) is 2.78. The molecule has 0 radical (unpaired) electrons. The molecule has 0 amide bonds. The lowest BCUT2D eigenvalue weighted by Crippen LogP contribution is -2.60. The fraction of sp³-hybridized carbons (Fsp3) is 0.471. The Hall–Kier alpha value is -2.21. The van der Waals surface area contributed by atoms with Gasteiger partial charge in [0.1, 0.15) is 6.61 Å². The van der Waals surface area contributed by atoms with E-state index in [2.05, 4.69) is 0 Å². The molecular weight excluding hydrogens is 298 g/mol. The van der Waals surface area contributed by atoms with Crippen molar-refractivity contribution in [1.29, 1.82) is 0 Å². The van der Waals surface area contributed by atoms with E-state index in [4.69, 9.17) is 9.47 Å². The van der Waals surface area contributed by atoms with E-state index < -0.39 is 23.4 Å². The highest BCUT2D eigenvalue weighted by Gasteiger charge is 2.62. The molecule has 2 aliphatic heterocycles. The first kappa shape index (κ1) is 15.7. The molecule has 3 rings (SSSR count). The fourth-order valence-electron chi connectivity index (χ4n) is 3.55. The highest BCUT2D eigenvalue weighted by molar-refractivity contribution is 6.11. The second-order valence-electron chi connectivity index (χ2n) is 5.73. The van der Waals surface area contributed by atoms with Crippen molar-refractivity contribution in [2.75, 3.05) is 26.3 Å². The van der Waals surface area contributed by atoms with Crippen LogP contribution in [0.1, 0.15) is 24.8 Å². The molecule has 1 aromatic carbocycles. The summed E-state index contributed by atoms with van der Waals surface area (Å²) in [6.45, 7) is 2.15. The summed E-state index contributed by atoms with van der Waals surface area (Å²) >= 11 is 0. The minimum atomic E-state index is -1.47. The Bertz CT molecular complexity index is 629. The Kier molecular flexibility index (Phi) is 4.17. The van der Waals surface area contributed by atoms with Crippen molar-refractivity contribution in [3.63, 3.8) is 0 Å². The van der Waals surface area contributed by atoms with Crippen molar-refractivity contribution >= 4 is 17.7 Å². The molecule has 2 aliphatic rings. The van der Waals surface area contributed by atoms with Crippen molar-refractivity contribution in [2.24, 2.45) is 0 Å². The van der Waals surface area contributed by atoms with Crippen LogP contribution in [0.3, 0.4) is 0 Å². The Balaban J connectivity index is 2.15. The maximum absolute atomic E-state index is 12.8. The van der Waals surface area contributed by atoms with Gasteiger partial charge < -0.3 is 9.47 Å². The SMILES string of the molecule is CCOC(=O)[C@@]12C(=O)CCN1CC(=O)OC[C@H]2c1ccccc1. The maximum atomic E-state index is 12.8. The van der Waals surface area contributed by atoms with Gasteiger partial charge in [-0.05, 0) is 12.5 Å². The van der Waals surface area contributed by atoms with Crippen LogP contribution < -0.4 is 0 Å². The van der Waals surface area contributed by atoms with Crippen molar-refractivity contribution in [2.45, 2.75) is 24.8 Å². The molecule has 0 N–H and O–H groups in total. The van der Waals surface area contributed by atoms with Gasteiger partial charge in [0.25, 0.3) is 0 Å². The molecule has 6 heteroatoms. The number of carbonyl (C=O) groups is 3. The number of hydrogen-bond acceptors (Lipinski definition) is 6. The number of nitrogens with zero attached hydrogens (tertiary/aromatic N) is 1. The van der Waals surface area contributed by atoms with Crippen LogP contribution in [0, 0.1) is 0 Å². The van der Waals surface area contributed by atoms with Gasteiger partial charge in [-0.2, -0.15) is 0 Å². The Labute approximate surface area is 134 Å². The van der Waals surface area contributed by atoms with Crippen molar-refractivity contribution in [3.05, 3.63) is 35.9 Å². The molecule has 1 aromatic rings. The highest BCUT2D eigenvalue weighted by atomic mass is 16.5. The van der Waals surface area contributed by atoms with Gasteiger partial charge in [0.05, 0.1) is 19.1 Å². The summed E-state index contributed by atoms with van der Waals surface area (Å²) in [5.74, 6) is -1.78. The maximum Gasteiger partial charge on any atom is 0.335 e. The van der Waals surface area contributed by atoms with Gasteiger partial charge in [0, 0.05) is 13.0 Å². The van der Waals surface area contributed by atoms with E-state index in [1.807, 2.05) is 30.3 Å². The van der Waals surface area contributed by atoms with Crippen LogP contribution in [0.4, 0.5) is 0 Å². The lowest BCUT2D eigenvalue weighted by atomic mass is 9.77. The van der Waals surface area contributed by atoms with Gasteiger partial charge in [-0.1, -0.05) is 30.3 Å². The number of fused-ring (bicyclic) bond motifs is 1. The summed E-state index contributed by atoms with van der Waals surface area (Å²) in [6, 6.07) is 9.22. The highest BCUT2D eigenvalue weighted by Crippen LogP contribution is 2.42. The zero-order chi connectivity index (χ0) is 16.4. The fourth-order valence-corrected chi connectivity index (χ4v) is 3.55. The van der Waals surface area contributed by atoms with Crippen LogP contribution in [0.5, 0.6) is 0 Å². The quantitative estimate of drug-likeness (QED) is 0.609. The molecule has 0 aliphatic carbocycles. The van der Waals surface area contributed by atoms with Gasteiger partial charge in [0.15, 0.2) is 11.3 Å². The molecule has 6 nitrogen and oxygen atoms in total. The van der Waals surface area contributed by atoms with Gasteiger partial charge >= 0.3 is 11.9 Å². The monoisotopic (exact) mass is 317 g/mol. The van der Waals surface area contributed by atoms with E-state index in [1.54, 1.807) is 11.8 Å². The molecule has 23 heavy (non-hydrogen) atoms. The summed E-state index contributed by atoms with van der Waals surface area (Å²) in [5.41, 5.74) is -0.681. The van der Waals surface area contributed by atoms with Crippen molar-refractivity contribution in [1.82, 2.24) is 4.90 Å². The lowest BCUT2D eigenvalue weighted by molar-refractivity contribution is -0.160. The molecule has 0 bridgehead atoms. The first-order valence-electron chi connectivity index (χ1n) is 7.76. The Morgan fingerprint density at radius 1 is 1.35 bits per heavy atom. The molecule has 2 fully saturated rings. The molecule has 0 aromatic heterocycles. The first-order chi connectivity index (χ1) is 11.1. The van der Waals surface area contributed by atoms with E-state index in [9.17, 15) is 14.4 Å². The van der Waals surface area contributed by atoms with Gasteiger partial charge in [-0.3, -0.25) is 14.5 Å². The van der Waals surface area contributed by atoms with Gasteiger partial charge in [-0.15, -0.1) is 0 Å². The molecule has 0 unspecified atom stereocenters. The first-order valence-corrected chi connectivity index (χ1v) is 7.76. The Morgan fingerprint density at radius 2 is 2.09 bits per heavy atom. The van der Waals surface area contributed by atoms with Crippen LogP contribution >= 0.6 is 0 Å².